The smallest absolute Gasteiger partial charge is 0.270 e. The van der Waals surface area contributed by atoms with Crippen molar-refractivity contribution < 1.29 is 4.79 Å². The lowest BCUT2D eigenvalue weighted by Gasteiger charge is -2.36. The molecule has 1 aliphatic rings. The molecule has 0 saturated carbocycles. The summed E-state index contributed by atoms with van der Waals surface area (Å²) in [7, 11) is 0. The van der Waals surface area contributed by atoms with E-state index in [0.29, 0.717) is 11.1 Å². The number of rotatable bonds is 9. The quantitative estimate of drug-likeness (QED) is 0.375. The van der Waals surface area contributed by atoms with Gasteiger partial charge in [0.2, 0.25) is 0 Å². The highest BCUT2D eigenvalue weighted by Crippen LogP contribution is 2.26. The lowest BCUT2D eigenvalue weighted by atomic mass is 10.1. The monoisotopic (exact) mass is 575 g/mol. The van der Waals surface area contributed by atoms with E-state index in [0.717, 1.165) is 66.9 Å². The van der Waals surface area contributed by atoms with Crippen molar-refractivity contribution in [3.8, 4) is 12.1 Å². The standard InChI is InChI=1S/C29H30ClN7O2S/c1-2-37-28(39)26(40-29(37)23(19-32)27(38)33-12-11-31)20-34-22-7-5-6-21(18-22)10-13-35-14-16-36(17-15-35)25-9-4-3-8-24(25)30/h3-9,18,20,34H,2,10,12-17H2,1H3,(H,33,38). The molecule has 1 saturated heterocycles. The molecule has 2 heterocycles. The number of hydrogen-bond donors (Lipinski definition) is 2. The van der Waals surface area contributed by atoms with Gasteiger partial charge < -0.3 is 15.5 Å². The van der Waals surface area contributed by atoms with Crippen LogP contribution in [0, 0.1) is 22.7 Å². The van der Waals surface area contributed by atoms with Crippen molar-refractivity contribution >= 4 is 52.0 Å². The fourth-order valence-corrected chi connectivity index (χ4v) is 5.91. The zero-order chi connectivity index (χ0) is 28.5. The molecule has 3 aromatic rings. The molecular formula is C29H30ClN7O2S. The zero-order valence-electron chi connectivity index (χ0n) is 22.2. The van der Waals surface area contributed by atoms with Crippen LogP contribution >= 0.6 is 22.9 Å². The molecule has 0 atom stereocenters. The second-order valence-corrected chi connectivity index (χ2v) is 10.6. The maximum absolute atomic E-state index is 13.0. The topological polar surface area (TPSA) is 117 Å². The Balaban J connectivity index is 1.42. The second kappa shape index (κ2) is 13.8. The van der Waals surface area contributed by atoms with Crippen LogP contribution in [-0.2, 0) is 17.8 Å². The normalized spacial score (nSPS) is 14.8. The van der Waals surface area contributed by atoms with Crippen LogP contribution in [0.4, 0.5) is 11.4 Å². The number of piperazine rings is 1. The number of benzene rings is 2. The van der Waals surface area contributed by atoms with Gasteiger partial charge in [-0.2, -0.15) is 10.5 Å². The molecule has 40 heavy (non-hydrogen) atoms. The molecule has 0 spiro atoms. The molecule has 0 aliphatic carbocycles. The summed E-state index contributed by atoms with van der Waals surface area (Å²) in [5.41, 5.74) is 2.64. The number of halogens is 1. The van der Waals surface area contributed by atoms with Gasteiger partial charge in [0.05, 0.1) is 16.8 Å². The second-order valence-electron chi connectivity index (χ2n) is 9.17. The molecule has 1 fully saturated rings. The Morgan fingerprint density at radius 1 is 1.12 bits per heavy atom. The molecule has 9 nitrogen and oxygen atoms in total. The van der Waals surface area contributed by atoms with E-state index in [1.807, 2.05) is 42.5 Å². The number of nitriles is 2. The van der Waals surface area contributed by atoms with Crippen LogP contribution in [0.25, 0.3) is 11.8 Å². The number of amides is 1. The van der Waals surface area contributed by atoms with Crippen LogP contribution in [0.1, 0.15) is 12.5 Å². The number of hydrogen-bond acceptors (Lipinski definition) is 8. The van der Waals surface area contributed by atoms with Gasteiger partial charge in [0.1, 0.15) is 21.8 Å². The third-order valence-corrected chi connectivity index (χ3v) is 8.13. The minimum Gasteiger partial charge on any atom is -0.368 e. The number of anilines is 2. The molecular weight excluding hydrogens is 546 g/mol. The molecule has 1 amide bonds. The van der Waals surface area contributed by atoms with Gasteiger partial charge in [-0.05, 0) is 43.2 Å². The van der Waals surface area contributed by atoms with E-state index < -0.39 is 5.91 Å². The highest BCUT2D eigenvalue weighted by atomic mass is 35.5. The van der Waals surface area contributed by atoms with Gasteiger partial charge in [0, 0.05) is 51.2 Å². The maximum Gasteiger partial charge on any atom is 0.270 e. The van der Waals surface area contributed by atoms with Gasteiger partial charge in [0.15, 0.2) is 5.57 Å². The lowest BCUT2D eigenvalue weighted by Crippen LogP contribution is -2.47. The number of carbonyl (C=O) groups excluding carboxylic acids is 1. The highest BCUT2D eigenvalue weighted by molar-refractivity contribution is 7.07. The minimum atomic E-state index is -0.676. The van der Waals surface area contributed by atoms with Gasteiger partial charge in [-0.15, -0.1) is 11.3 Å². The largest absolute Gasteiger partial charge is 0.368 e. The molecule has 0 unspecified atom stereocenters. The Labute approximate surface area is 241 Å². The summed E-state index contributed by atoms with van der Waals surface area (Å²) in [6, 6.07) is 19.7. The third kappa shape index (κ3) is 6.91. The van der Waals surface area contributed by atoms with Gasteiger partial charge in [-0.25, -0.2) is 0 Å². The van der Waals surface area contributed by atoms with Gasteiger partial charge >= 0.3 is 0 Å². The Hall–Kier alpha value is -4.09. The summed E-state index contributed by atoms with van der Waals surface area (Å²) >= 11 is 7.44. The van der Waals surface area contributed by atoms with E-state index in [-0.39, 0.29) is 22.3 Å². The van der Waals surface area contributed by atoms with Gasteiger partial charge in [0.25, 0.3) is 11.5 Å². The third-order valence-electron chi connectivity index (χ3n) is 6.68. The molecule has 206 valence electrons. The predicted octanol–water partition coefficient (Wildman–Crippen LogP) is 2.11. The van der Waals surface area contributed by atoms with Crippen LogP contribution in [0.2, 0.25) is 5.02 Å². The first-order valence-corrected chi connectivity index (χ1v) is 14.2. The van der Waals surface area contributed by atoms with Gasteiger partial charge in [-0.3, -0.25) is 19.1 Å². The molecule has 2 N–H and O–H groups in total. The molecule has 4 rings (SSSR count). The average Bonchev–Trinajstić information content (AvgIpc) is 3.29. The van der Waals surface area contributed by atoms with Crippen molar-refractivity contribution in [3.63, 3.8) is 0 Å². The minimum absolute atomic E-state index is 0.187. The maximum atomic E-state index is 13.0. The van der Waals surface area contributed by atoms with Crippen molar-refractivity contribution in [1.29, 1.82) is 10.5 Å². The van der Waals surface area contributed by atoms with Crippen molar-refractivity contribution in [2.75, 3.05) is 49.5 Å². The van der Waals surface area contributed by atoms with E-state index in [4.69, 9.17) is 16.9 Å². The number of carbonyl (C=O) groups is 1. The first-order valence-electron chi connectivity index (χ1n) is 13.0. The van der Waals surface area contributed by atoms with Crippen LogP contribution in [-0.4, -0.2) is 54.6 Å². The Bertz CT molecular complexity index is 1630. The fourth-order valence-electron chi connectivity index (χ4n) is 4.57. The Morgan fingerprint density at radius 3 is 2.60 bits per heavy atom. The molecule has 11 heteroatoms. The van der Waals surface area contributed by atoms with Crippen LogP contribution in [0.5, 0.6) is 0 Å². The summed E-state index contributed by atoms with van der Waals surface area (Å²) in [5.74, 6) is -0.676. The zero-order valence-corrected chi connectivity index (χ0v) is 23.8. The van der Waals surface area contributed by atoms with E-state index in [2.05, 4.69) is 38.6 Å². The van der Waals surface area contributed by atoms with Gasteiger partial charge in [-0.1, -0.05) is 35.9 Å². The Morgan fingerprint density at radius 2 is 1.90 bits per heavy atom. The molecule has 1 aliphatic heterocycles. The molecule has 0 radical (unpaired) electrons. The molecule has 0 bridgehead atoms. The van der Waals surface area contributed by atoms with E-state index >= 15 is 0 Å². The van der Waals surface area contributed by atoms with E-state index in [9.17, 15) is 14.9 Å². The van der Waals surface area contributed by atoms with Crippen molar-refractivity contribution in [2.45, 2.75) is 19.9 Å². The number of aromatic nitrogens is 1. The van der Waals surface area contributed by atoms with Crippen molar-refractivity contribution in [3.05, 3.63) is 78.7 Å². The SMILES string of the molecule is CCn1c(=C(C#N)C(=O)NCC#N)sc(=CNc2cccc(CCN3CCN(c4ccccc4Cl)CC3)c2)c1=O. The molecule has 2 aromatic carbocycles. The summed E-state index contributed by atoms with van der Waals surface area (Å²) < 4.78 is 2.03. The van der Waals surface area contributed by atoms with E-state index in [1.54, 1.807) is 13.1 Å². The Kier molecular flexibility index (Phi) is 9.98. The van der Waals surface area contributed by atoms with E-state index in [1.165, 1.54) is 10.1 Å². The number of para-hydroxylation sites is 1. The van der Waals surface area contributed by atoms with Crippen LogP contribution in [0.3, 0.4) is 0 Å². The average molecular weight is 576 g/mol. The van der Waals surface area contributed by atoms with Crippen LogP contribution in [0.15, 0.2) is 53.3 Å². The fraction of sp³-hybridized carbons (Fsp3) is 0.310. The lowest BCUT2D eigenvalue weighted by molar-refractivity contribution is -0.115. The van der Waals surface area contributed by atoms with Crippen LogP contribution < -0.4 is 30.3 Å². The number of nitrogens with zero attached hydrogens (tertiary/aromatic N) is 5. The van der Waals surface area contributed by atoms with Crippen molar-refractivity contribution in [2.24, 2.45) is 0 Å². The summed E-state index contributed by atoms with van der Waals surface area (Å²) in [4.78, 5) is 30.1. The first-order chi connectivity index (χ1) is 19.4. The summed E-state index contributed by atoms with van der Waals surface area (Å²) in [6.45, 7) is 6.61. The summed E-state index contributed by atoms with van der Waals surface area (Å²) in [5, 5.41) is 24.6. The predicted molar refractivity (Wildman–Crippen MR) is 159 cm³/mol. The molecule has 1 aromatic heterocycles. The summed E-state index contributed by atoms with van der Waals surface area (Å²) in [6.07, 6.45) is 2.50. The van der Waals surface area contributed by atoms with Crippen molar-refractivity contribution in [1.82, 2.24) is 14.8 Å². The number of nitrogens with one attached hydrogen (secondary N) is 2. The first kappa shape index (κ1) is 28.9. The number of thiazole rings is 1. The highest BCUT2D eigenvalue weighted by Gasteiger charge is 2.18.